The van der Waals surface area contributed by atoms with Crippen molar-refractivity contribution in [2.24, 2.45) is 0 Å². The summed E-state index contributed by atoms with van der Waals surface area (Å²) >= 11 is 0. The number of alkyl halides is 3. The van der Waals surface area contributed by atoms with Gasteiger partial charge < -0.3 is 0 Å². The fourth-order valence-electron chi connectivity index (χ4n) is 2.32. The van der Waals surface area contributed by atoms with Crippen LogP contribution in [0, 0.1) is 5.82 Å². The molecule has 0 aliphatic carbocycles. The molecule has 21 heavy (non-hydrogen) atoms. The smallest absolute Gasteiger partial charge is 0.245 e. The second-order valence-electron chi connectivity index (χ2n) is 4.53. The summed E-state index contributed by atoms with van der Waals surface area (Å²) in [6.45, 7) is 0. The second-order valence-corrected chi connectivity index (χ2v) is 5.85. The third-order valence-electron chi connectivity index (χ3n) is 3.22. The normalized spacial score (nSPS) is 22.5. The number of fused-ring (bicyclic) bond motifs is 1. The topological polar surface area (TPSA) is 47.8 Å². The molecule has 0 saturated heterocycles. The molecule has 0 bridgehead atoms. The van der Waals surface area contributed by atoms with Crippen LogP contribution in [-0.4, -0.2) is 24.7 Å². The quantitative estimate of drug-likeness (QED) is 0.817. The Morgan fingerprint density at radius 2 is 2.14 bits per heavy atom. The van der Waals surface area contributed by atoms with Gasteiger partial charge in [0.2, 0.25) is 5.16 Å². The van der Waals surface area contributed by atoms with Crippen LogP contribution in [0.5, 0.6) is 0 Å². The zero-order valence-corrected chi connectivity index (χ0v) is 11.2. The summed E-state index contributed by atoms with van der Waals surface area (Å²) < 4.78 is 64.4. The van der Waals surface area contributed by atoms with E-state index < -0.39 is 39.7 Å². The molecule has 0 saturated carbocycles. The average Bonchev–Trinajstić information content (AvgIpc) is 2.99. The third kappa shape index (κ3) is 2.45. The van der Waals surface area contributed by atoms with Crippen molar-refractivity contribution < 1.29 is 21.8 Å². The highest BCUT2D eigenvalue weighted by Gasteiger charge is 2.37. The van der Waals surface area contributed by atoms with Crippen LogP contribution in [0.3, 0.4) is 0 Å². The maximum absolute atomic E-state index is 13.9. The molecule has 0 fully saturated rings. The minimum absolute atomic E-state index is 0.0135. The van der Waals surface area contributed by atoms with E-state index in [0.717, 1.165) is 4.68 Å². The number of halogens is 4. The predicted molar refractivity (Wildman–Crippen MR) is 65.4 cm³/mol. The molecule has 3 rings (SSSR count). The minimum Gasteiger partial charge on any atom is -0.245 e. The molecular formula is C12H9F4N3OS. The summed E-state index contributed by atoms with van der Waals surface area (Å²) in [6.07, 6.45) is -1.53. The molecule has 0 amide bonds. The molecule has 1 aliphatic heterocycles. The van der Waals surface area contributed by atoms with Gasteiger partial charge >= 0.3 is 5.76 Å². The maximum atomic E-state index is 13.9. The largest absolute Gasteiger partial charge is 0.319 e. The molecule has 2 aromatic rings. The summed E-state index contributed by atoms with van der Waals surface area (Å²) in [5, 5.41) is 3.11. The van der Waals surface area contributed by atoms with E-state index >= 15 is 0 Å². The third-order valence-corrected chi connectivity index (χ3v) is 4.08. The first kappa shape index (κ1) is 14.2. The summed E-state index contributed by atoms with van der Waals surface area (Å²) in [5.41, 5.74) is 0.454. The molecule has 3 atom stereocenters. The Labute approximate surface area is 119 Å². The van der Waals surface area contributed by atoms with E-state index in [-0.39, 0.29) is 12.2 Å². The Hall–Kier alpha value is -1.77. The number of rotatable bonds is 3. The lowest BCUT2D eigenvalue weighted by molar-refractivity contribution is 0.243. The monoisotopic (exact) mass is 319 g/mol. The Bertz CT molecular complexity index is 706. The van der Waals surface area contributed by atoms with Crippen molar-refractivity contribution in [3.05, 3.63) is 41.5 Å². The molecule has 1 aliphatic rings. The first-order valence-electron chi connectivity index (χ1n) is 6.02. The van der Waals surface area contributed by atoms with Gasteiger partial charge in [-0.3, -0.25) is 0 Å². The Morgan fingerprint density at radius 3 is 2.81 bits per heavy atom. The van der Waals surface area contributed by atoms with E-state index in [1.807, 2.05) is 0 Å². The second kappa shape index (κ2) is 5.21. The first-order valence-corrected chi connectivity index (χ1v) is 7.23. The number of hydrogen-bond acceptors (Lipinski definition) is 3. The van der Waals surface area contributed by atoms with Crippen molar-refractivity contribution >= 4 is 10.8 Å². The highest BCUT2D eigenvalue weighted by molar-refractivity contribution is 7.85. The van der Waals surface area contributed by atoms with Gasteiger partial charge in [-0.15, -0.1) is 5.10 Å². The molecular weight excluding hydrogens is 310 g/mol. The van der Waals surface area contributed by atoms with Gasteiger partial charge in [0.05, 0.1) is 6.04 Å². The molecule has 9 heteroatoms. The molecule has 2 heterocycles. The van der Waals surface area contributed by atoms with Crippen molar-refractivity contribution in [1.82, 2.24) is 14.8 Å². The number of aromatic nitrogens is 3. The van der Waals surface area contributed by atoms with E-state index in [1.54, 1.807) is 6.07 Å². The Morgan fingerprint density at radius 1 is 1.38 bits per heavy atom. The van der Waals surface area contributed by atoms with Gasteiger partial charge in [0.1, 0.15) is 5.82 Å². The van der Waals surface area contributed by atoms with Crippen molar-refractivity contribution in [3.8, 4) is 0 Å². The van der Waals surface area contributed by atoms with E-state index in [4.69, 9.17) is 0 Å². The standard InChI is InChI=1S/C12H9F4N3OS/c13-7-3-1-2-6(4-7)9-5-8(14)10-17-12(18-19(9)10)21(20)11(15)16/h1-4,8-9,11H,5H2/t8?,9?,21-/m0/s1. The van der Waals surface area contributed by atoms with Crippen molar-refractivity contribution in [1.29, 1.82) is 0 Å². The highest BCUT2D eigenvalue weighted by atomic mass is 32.2. The molecule has 112 valence electrons. The zero-order chi connectivity index (χ0) is 15.1. The van der Waals surface area contributed by atoms with Crippen LogP contribution in [0.2, 0.25) is 0 Å². The molecule has 0 spiro atoms. The number of benzene rings is 1. The lowest BCUT2D eigenvalue weighted by atomic mass is 10.0. The van der Waals surface area contributed by atoms with Crippen LogP contribution in [0.1, 0.15) is 30.0 Å². The van der Waals surface area contributed by atoms with Gasteiger partial charge in [-0.2, -0.15) is 8.78 Å². The van der Waals surface area contributed by atoms with Crippen LogP contribution >= 0.6 is 0 Å². The highest BCUT2D eigenvalue weighted by Crippen LogP contribution is 2.39. The van der Waals surface area contributed by atoms with Gasteiger partial charge in [0.15, 0.2) is 22.8 Å². The molecule has 2 unspecified atom stereocenters. The summed E-state index contributed by atoms with van der Waals surface area (Å²) in [5.74, 6) is -3.79. The summed E-state index contributed by atoms with van der Waals surface area (Å²) in [6, 6.07) is 4.86. The number of nitrogens with zero attached hydrogens (tertiary/aromatic N) is 3. The van der Waals surface area contributed by atoms with Gasteiger partial charge in [0, 0.05) is 6.42 Å². The molecule has 4 nitrogen and oxygen atoms in total. The Kier molecular flexibility index (Phi) is 3.52. The van der Waals surface area contributed by atoms with Crippen molar-refractivity contribution in [2.75, 3.05) is 0 Å². The SMILES string of the molecule is O=[S@](c1nc2n(n1)C(c1cccc(F)c1)CC2F)C(F)F. The van der Waals surface area contributed by atoms with E-state index in [9.17, 15) is 21.8 Å². The molecule has 0 N–H and O–H groups in total. The van der Waals surface area contributed by atoms with E-state index in [2.05, 4.69) is 10.1 Å². The lowest BCUT2D eigenvalue weighted by Gasteiger charge is -2.11. The van der Waals surface area contributed by atoms with Gasteiger partial charge in [-0.05, 0) is 17.7 Å². The molecule has 0 radical (unpaired) electrons. The number of hydrogen-bond donors (Lipinski definition) is 0. The van der Waals surface area contributed by atoms with Crippen molar-refractivity contribution in [2.45, 2.75) is 29.5 Å². The van der Waals surface area contributed by atoms with Crippen molar-refractivity contribution in [3.63, 3.8) is 0 Å². The van der Waals surface area contributed by atoms with Crippen LogP contribution in [0.25, 0.3) is 0 Å². The molecule has 1 aromatic heterocycles. The molecule has 1 aromatic carbocycles. The van der Waals surface area contributed by atoms with E-state index in [1.165, 1.54) is 18.2 Å². The maximum Gasteiger partial charge on any atom is 0.319 e. The average molecular weight is 319 g/mol. The fraction of sp³-hybridized carbons (Fsp3) is 0.333. The van der Waals surface area contributed by atoms with Crippen LogP contribution in [0.4, 0.5) is 17.6 Å². The Balaban J connectivity index is 2.01. The van der Waals surface area contributed by atoms with Crippen LogP contribution in [0.15, 0.2) is 29.4 Å². The van der Waals surface area contributed by atoms with Crippen LogP contribution in [-0.2, 0) is 10.8 Å². The van der Waals surface area contributed by atoms with E-state index in [0.29, 0.717) is 5.56 Å². The summed E-state index contributed by atoms with van der Waals surface area (Å²) in [7, 11) is -2.70. The first-order chi connectivity index (χ1) is 9.97. The summed E-state index contributed by atoms with van der Waals surface area (Å²) in [4.78, 5) is 3.59. The van der Waals surface area contributed by atoms with Gasteiger partial charge in [0.25, 0.3) is 0 Å². The van der Waals surface area contributed by atoms with Gasteiger partial charge in [-0.25, -0.2) is 22.7 Å². The minimum atomic E-state index is -3.14. The fourth-order valence-corrected chi connectivity index (χ4v) is 2.83. The van der Waals surface area contributed by atoms with Crippen LogP contribution < -0.4 is 0 Å². The van der Waals surface area contributed by atoms with Gasteiger partial charge in [-0.1, -0.05) is 12.1 Å². The lowest BCUT2D eigenvalue weighted by Crippen LogP contribution is -2.10. The zero-order valence-electron chi connectivity index (χ0n) is 10.4. The predicted octanol–water partition coefficient (Wildman–Crippen LogP) is 2.75.